The molecule has 0 fully saturated rings. The van der Waals surface area contributed by atoms with E-state index in [4.69, 9.17) is 17.3 Å². The molecular formula is C25H21N9O. The van der Waals surface area contributed by atoms with Crippen LogP contribution >= 0.6 is 0 Å². The van der Waals surface area contributed by atoms with Gasteiger partial charge in [0, 0.05) is 25.0 Å². The zero-order valence-electron chi connectivity index (χ0n) is 19.0. The molecule has 3 aromatic heterocycles. The predicted octanol–water partition coefficient (Wildman–Crippen LogP) is 3.88. The molecule has 1 atom stereocenters. The number of hydrogen-bond donors (Lipinski definition) is 2. The summed E-state index contributed by atoms with van der Waals surface area (Å²) in [6, 6.07) is 14.4. The van der Waals surface area contributed by atoms with Crippen LogP contribution in [-0.2, 0) is 7.05 Å². The fraction of sp³-hybridized carbons (Fsp3) is 0.120. The van der Waals surface area contributed by atoms with Crippen molar-refractivity contribution in [2.75, 3.05) is 11.1 Å². The first-order valence-corrected chi connectivity index (χ1v) is 10.8. The van der Waals surface area contributed by atoms with E-state index in [1.807, 2.05) is 68.7 Å². The van der Waals surface area contributed by atoms with Crippen molar-refractivity contribution in [3.8, 4) is 16.8 Å². The molecule has 0 aliphatic rings. The van der Waals surface area contributed by atoms with E-state index in [1.54, 1.807) is 15.4 Å². The number of hydrogen-bond acceptors (Lipinski definition) is 7. The second kappa shape index (κ2) is 8.72. The fourth-order valence-corrected chi connectivity index (χ4v) is 4.01. The minimum Gasteiger partial charge on any atom is -0.369 e. The summed E-state index contributed by atoms with van der Waals surface area (Å²) in [4.78, 5) is 30.5. The molecule has 0 saturated heterocycles. The van der Waals surface area contributed by atoms with Gasteiger partial charge in [0.2, 0.25) is 11.6 Å². The normalized spacial score (nSPS) is 11.8. The van der Waals surface area contributed by atoms with Gasteiger partial charge in [-0.1, -0.05) is 30.3 Å². The van der Waals surface area contributed by atoms with Crippen LogP contribution in [0.25, 0.3) is 32.6 Å². The number of para-hydroxylation sites is 1. The first-order valence-electron chi connectivity index (χ1n) is 10.8. The minimum absolute atomic E-state index is 0.0418. The second-order valence-electron chi connectivity index (χ2n) is 7.99. The zero-order chi connectivity index (χ0) is 24.5. The van der Waals surface area contributed by atoms with Crippen LogP contribution in [0.15, 0.2) is 71.9 Å². The number of nitrogen functional groups attached to an aromatic ring is 1. The number of benzene rings is 2. The van der Waals surface area contributed by atoms with Crippen molar-refractivity contribution >= 4 is 28.4 Å². The van der Waals surface area contributed by atoms with E-state index >= 15 is 0 Å². The molecule has 0 radical (unpaired) electrons. The van der Waals surface area contributed by atoms with Crippen molar-refractivity contribution < 1.29 is 0 Å². The fourth-order valence-electron chi connectivity index (χ4n) is 4.01. The van der Waals surface area contributed by atoms with Gasteiger partial charge in [-0.2, -0.15) is 5.10 Å². The Morgan fingerprint density at radius 1 is 1.09 bits per heavy atom. The Morgan fingerprint density at radius 3 is 2.60 bits per heavy atom. The molecule has 35 heavy (non-hydrogen) atoms. The second-order valence-corrected chi connectivity index (χ2v) is 7.99. The van der Waals surface area contributed by atoms with E-state index in [0.717, 1.165) is 11.1 Å². The van der Waals surface area contributed by atoms with Crippen LogP contribution in [0.5, 0.6) is 0 Å². The van der Waals surface area contributed by atoms with Gasteiger partial charge in [-0.3, -0.25) is 14.0 Å². The van der Waals surface area contributed by atoms with Crippen LogP contribution in [0.2, 0.25) is 0 Å². The van der Waals surface area contributed by atoms with Gasteiger partial charge in [-0.15, -0.1) is 0 Å². The average molecular weight is 464 g/mol. The summed E-state index contributed by atoms with van der Waals surface area (Å²) >= 11 is 0. The highest BCUT2D eigenvalue weighted by Gasteiger charge is 2.21. The lowest BCUT2D eigenvalue weighted by Gasteiger charge is -2.21. The maximum atomic E-state index is 14.1. The molecule has 0 unspecified atom stereocenters. The Morgan fingerprint density at radius 2 is 1.89 bits per heavy atom. The van der Waals surface area contributed by atoms with Crippen LogP contribution in [0, 0.1) is 6.57 Å². The van der Waals surface area contributed by atoms with Gasteiger partial charge in [-0.05, 0) is 30.7 Å². The van der Waals surface area contributed by atoms with Crippen molar-refractivity contribution in [2.45, 2.75) is 13.0 Å². The lowest BCUT2D eigenvalue weighted by molar-refractivity contribution is 0.731. The molecule has 0 aliphatic carbocycles. The molecular weight excluding hydrogens is 442 g/mol. The molecule has 0 amide bonds. The topological polar surface area (TPSA) is 121 Å². The third-order valence-corrected chi connectivity index (χ3v) is 5.60. The first kappa shape index (κ1) is 21.8. The number of aryl methyl sites for hydroxylation is 1. The van der Waals surface area contributed by atoms with Gasteiger partial charge in [0.15, 0.2) is 0 Å². The molecule has 2 aromatic carbocycles. The first-order chi connectivity index (χ1) is 17.0. The molecule has 172 valence electrons. The van der Waals surface area contributed by atoms with Crippen molar-refractivity contribution in [1.82, 2.24) is 29.3 Å². The van der Waals surface area contributed by atoms with E-state index in [9.17, 15) is 4.79 Å². The van der Waals surface area contributed by atoms with Crippen LogP contribution < -0.4 is 16.6 Å². The summed E-state index contributed by atoms with van der Waals surface area (Å²) < 4.78 is 3.28. The summed E-state index contributed by atoms with van der Waals surface area (Å²) in [5.74, 6) is 0.781. The highest BCUT2D eigenvalue weighted by Crippen LogP contribution is 2.29. The molecule has 5 rings (SSSR count). The number of rotatable bonds is 5. The Kier molecular flexibility index (Phi) is 5.43. The third-order valence-electron chi connectivity index (χ3n) is 5.60. The van der Waals surface area contributed by atoms with Crippen LogP contribution in [-0.4, -0.2) is 29.3 Å². The molecule has 0 aliphatic heterocycles. The van der Waals surface area contributed by atoms with Gasteiger partial charge >= 0.3 is 0 Å². The number of aromatic nitrogens is 6. The molecule has 0 saturated carbocycles. The van der Waals surface area contributed by atoms with E-state index in [1.165, 1.54) is 6.20 Å². The van der Waals surface area contributed by atoms with Crippen LogP contribution in [0.4, 0.5) is 17.5 Å². The number of nitrogens with one attached hydrogen (secondary N) is 1. The number of nitrogens with zero attached hydrogens (tertiary/aromatic N) is 7. The standard InChI is InChI=1S/C25H21N9O/c1-15(30-22-20(27-2)13-28-25(26)32-22)23-31-19-11-7-10-18(16-12-29-33(3)14-16)21(19)24(35)34(23)17-8-5-4-6-9-17/h4-15H,1,3H3,(H3,26,28,30,32)/t15-/m0/s1. The average Bonchev–Trinajstić information content (AvgIpc) is 3.30. The van der Waals surface area contributed by atoms with Gasteiger partial charge in [0.1, 0.15) is 11.6 Å². The quantitative estimate of drug-likeness (QED) is 0.379. The van der Waals surface area contributed by atoms with Gasteiger partial charge in [-0.25, -0.2) is 19.8 Å². The maximum Gasteiger partial charge on any atom is 0.266 e. The summed E-state index contributed by atoms with van der Waals surface area (Å²) in [6.45, 7) is 9.27. The lowest BCUT2D eigenvalue weighted by Crippen LogP contribution is -2.27. The minimum atomic E-state index is -0.496. The smallest absolute Gasteiger partial charge is 0.266 e. The Balaban J connectivity index is 1.74. The molecule has 10 heteroatoms. The molecule has 10 nitrogen and oxygen atoms in total. The summed E-state index contributed by atoms with van der Waals surface area (Å²) in [6.07, 6.45) is 4.96. The van der Waals surface area contributed by atoms with Crippen molar-refractivity contribution in [1.29, 1.82) is 0 Å². The van der Waals surface area contributed by atoms with E-state index < -0.39 is 6.04 Å². The van der Waals surface area contributed by atoms with Crippen LogP contribution in [0.1, 0.15) is 18.8 Å². The molecule has 5 aromatic rings. The van der Waals surface area contributed by atoms with E-state index in [2.05, 4.69) is 25.2 Å². The highest BCUT2D eigenvalue weighted by molar-refractivity contribution is 5.94. The predicted molar refractivity (Wildman–Crippen MR) is 134 cm³/mol. The number of nitrogens with two attached hydrogens (primary N) is 1. The van der Waals surface area contributed by atoms with E-state index in [-0.39, 0.29) is 23.0 Å². The zero-order valence-corrected chi connectivity index (χ0v) is 19.0. The third kappa shape index (κ3) is 3.95. The number of anilines is 2. The Labute approximate surface area is 200 Å². The molecule has 0 spiro atoms. The highest BCUT2D eigenvalue weighted by atomic mass is 16.1. The Bertz CT molecular complexity index is 1650. The van der Waals surface area contributed by atoms with Gasteiger partial charge < -0.3 is 11.1 Å². The van der Waals surface area contributed by atoms with Crippen molar-refractivity contribution in [2.24, 2.45) is 7.05 Å². The molecule has 3 heterocycles. The summed E-state index contributed by atoms with van der Waals surface area (Å²) in [5.41, 5.74) is 8.56. The van der Waals surface area contributed by atoms with Gasteiger partial charge in [0.05, 0.1) is 35.4 Å². The van der Waals surface area contributed by atoms with Crippen LogP contribution in [0.3, 0.4) is 0 Å². The maximum absolute atomic E-state index is 14.1. The summed E-state index contributed by atoms with van der Waals surface area (Å²) in [5, 5.41) is 7.94. The summed E-state index contributed by atoms with van der Waals surface area (Å²) in [7, 11) is 1.83. The Hall–Kier alpha value is -5.04. The van der Waals surface area contributed by atoms with Crippen molar-refractivity contribution in [3.63, 3.8) is 0 Å². The van der Waals surface area contributed by atoms with Crippen molar-refractivity contribution in [3.05, 3.63) is 94.7 Å². The molecule has 0 bridgehead atoms. The molecule has 3 N–H and O–H groups in total. The number of fused-ring (bicyclic) bond motifs is 1. The van der Waals surface area contributed by atoms with E-state index in [0.29, 0.717) is 22.4 Å². The SMILES string of the molecule is [C-]#[N+]c1cnc(N)nc1N[C@@H](C)c1nc2cccc(-c3cnn(C)c3)c2c(=O)n1-c1ccccc1. The largest absolute Gasteiger partial charge is 0.369 e. The van der Waals surface area contributed by atoms with Gasteiger partial charge in [0.25, 0.3) is 5.56 Å². The lowest BCUT2D eigenvalue weighted by atomic mass is 10.0. The monoisotopic (exact) mass is 463 g/mol.